The zero-order valence-electron chi connectivity index (χ0n) is 6.65. The molecule has 0 spiro atoms. The van der Waals surface area contributed by atoms with Gasteiger partial charge in [-0.25, -0.2) is 4.39 Å². The molecule has 0 nitrogen and oxygen atoms in total. The summed E-state index contributed by atoms with van der Waals surface area (Å²) in [5.41, 5.74) is 0.770. The van der Waals surface area contributed by atoms with E-state index in [-0.39, 0.29) is 11.7 Å². The standard InChI is InChI=1S/C9H9Cl2F/c1-6(5-10)8-4-7(12)2-3-9(8)11/h2-4,6H,5H2,1H3. The van der Waals surface area contributed by atoms with Crippen LogP contribution in [0.5, 0.6) is 0 Å². The van der Waals surface area contributed by atoms with E-state index in [0.29, 0.717) is 10.9 Å². The summed E-state index contributed by atoms with van der Waals surface area (Å²) >= 11 is 11.5. The zero-order valence-corrected chi connectivity index (χ0v) is 8.16. The van der Waals surface area contributed by atoms with Crippen LogP contribution in [-0.2, 0) is 0 Å². The van der Waals surface area contributed by atoms with Gasteiger partial charge in [-0.2, -0.15) is 0 Å². The molecule has 0 aromatic heterocycles. The summed E-state index contributed by atoms with van der Waals surface area (Å²) in [5.74, 6) is 0.268. The molecular formula is C9H9Cl2F. The molecule has 0 radical (unpaired) electrons. The molecule has 0 heterocycles. The summed E-state index contributed by atoms with van der Waals surface area (Å²) in [5, 5.41) is 0.574. The summed E-state index contributed by atoms with van der Waals surface area (Å²) in [6.45, 7) is 1.91. The lowest BCUT2D eigenvalue weighted by atomic mass is 10.0. The van der Waals surface area contributed by atoms with E-state index in [1.165, 1.54) is 12.1 Å². The average Bonchev–Trinajstić information content (AvgIpc) is 2.08. The van der Waals surface area contributed by atoms with Crippen molar-refractivity contribution in [2.45, 2.75) is 12.8 Å². The maximum absolute atomic E-state index is 12.7. The zero-order chi connectivity index (χ0) is 9.14. The molecule has 1 aromatic rings. The fourth-order valence-corrected chi connectivity index (χ4v) is 1.45. The molecule has 1 atom stereocenters. The molecule has 0 aliphatic carbocycles. The van der Waals surface area contributed by atoms with Gasteiger partial charge in [0.1, 0.15) is 5.82 Å². The van der Waals surface area contributed by atoms with Crippen LogP contribution in [0.3, 0.4) is 0 Å². The molecule has 0 aliphatic rings. The van der Waals surface area contributed by atoms with Gasteiger partial charge in [0, 0.05) is 10.9 Å². The molecule has 1 aromatic carbocycles. The molecule has 66 valence electrons. The van der Waals surface area contributed by atoms with Crippen LogP contribution >= 0.6 is 23.2 Å². The molecular weight excluding hydrogens is 198 g/mol. The van der Waals surface area contributed by atoms with Crippen LogP contribution in [-0.4, -0.2) is 5.88 Å². The first kappa shape index (κ1) is 9.82. The van der Waals surface area contributed by atoms with Crippen molar-refractivity contribution in [2.24, 2.45) is 0 Å². The third kappa shape index (κ3) is 2.11. The highest BCUT2D eigenvalue weighted by Gasteiger charge is 2.08. The first-order chi connectivity index (χ1) is 5.65. The molecule has 3 heteroatoms. The van der Waals surface area contributed by atoms with E-state index in [1.807, 2.05) is 6.92 Å². The highest BCUT2D eigenvalue weighted by Crippen LogP contribution is 2.25. The van der Waals surface area contributed by atoms with E-state index in [0.717, 1.165) is 5.56 Å². The van der Waals surface area contributed by atoms with Crippen LogP contribution in [0, 0.1) is 5.82 Å². The summed E-state index contributed by atoms with van der Waals surface area (Å²) in [6, 6.07) is 4.32. The normalized spacial score (nSPS) is 13.0. The summed E-state index contributed by atoms with van der Waals surface area (Å²) in [7, 11) is 0. The number of hydrogen-bond acceptors (Lipinski definition) is 0. The van der Waals surface area contributed by atoms with Crippen molar-refractivity contribution in [3.05, 3.63) is 34.6 Å². The predicted molar refractivity (Wildman–Crippen MR) is 50.5 cm³/mol. The molecule has 0 fully saturated rings. The lowest BCUT2D eigenvalue weighted by molar-refractivity contribution is 0.623. The minimum absolute atomic E-state index is 0.0925. The predicted octanol–water partition coefficient (Wildman–Crippen LogP) is 3.82. The second-order valence-electron chi connectivity index (χ2n) is 2.72. The van der Waals surface area contributed by atoms with Crippen LogP contribution in [0.1, 0.15) is 18.4 Å². The molecule has 0 N–H and O–H groups in total. The van der Waals surface area contributed by atoms with E-state index in [9.17, 15) is 4.39 Å². The summed E-state index contributed by atoms with van der Waals surface area (Å²) < 4.78 is 12.7. The van der Waals surface area contributed by atoms with Gasteiger partial charge < -0.3 is 0 Å². The Balaban J connectivity index is 3.04. The Kier molecular flexibility index (Phi) is 3.36. The Bertz CT molecular complexity index is 273. The van der Waals surface area contributed by atoms with Gasteiger partial charge in [0.25, 0.3) is 0 Å². The topological polar surface area (TPSA) is 0 Å². The Morgan fingerprint density at radius 3 is 2.75 bits per heavy atom. The van der Waals surface area contributed by atoms with Gasteiger partial charge >= 0.3 is 0 Å². The number of hydrogen-bond donors (Lipinski definition) is 0. The maximum atomic E-state index is 12.7. The number of alkyl halides is 1. The van der Waals surface area contributed by atoms with E-state index in [1.54, 1.807) is 6.07 Å². The van der Waals surface area contributed by atoms with Crippen molar-refractivity contribution >= 4 is 23.2 Å². The SMILES string of the molecule is CC(CCl)c1cc(F)ccc1Cl. The van der Waals surface area contributed by atoms with Crippen LogP contribution in [0.25, 0.3) is 0 Å². The molecule has 0 amide bonds. The Hall–Kier alpha value is -0.270. The number of benzene rings is 1. The molecule has 0 saturated carbocycles. The molecule has 12 heavy (non-hydrogen) atoms. The van der Waals surface area contributed by atoms with Crippen LogP contribution in [0.2, 0.25) is 5.02 Å². The van der Waals surface area contributed by atoms with Crippen LogP contribution in [0.15, 0.2) is 18.2 Å². The highest BCUT2D eigenvalue weighted by atomic mass is 35.5. The van der Waals surface area contributed by atoms with Crippen LogP contribution < -0.4 is 0 Å². The minimum atomic E-state index is -0.272. The van der Waals surface area contributed by atoms with E-state index in [4.69, 9.17) is 23.2 Å². The van der Waals surface area contributed by atoms with Gasteiger partial charge in [0.2, 0.25) is 0 Å². The Labute approximate surface area is 81.3 Å². The van der Waals surface area contributed by atoms with E-state index < -0.39 is 0 Å². The summed E-state index contributed by atoms with van der Waals surface area (Å²) in [6.07, 6.45) is 0. The minimum Gasteiger partial charge on any atom is -0.207 e. The van der Waals surface area contributed by atoms with Crippen molar-refractivity contribution in [3.8, 4) is 0 Å². The molecule has 1 unspecified atom stereocenters. The smallest absolute Gasteiger partial charge is 0.123 e. The number of rotatable bonds is 2. The first-order valence-corrected chi connectivity index (χ1v) is 4.57. The van der Waals surface area contributed by atoms with E-state index >= 15 is 0 Å². The molecule has 0 bridgehead atoms. The third-order valence-electron chi connectivity index (χ3n) is 1.72. The highest BCUT2D eigenvalue weighted by molar-refractivity contribution is 6.31. The molecule has 1 rings (SSSR count). The third-order valence-corrected chi connectivity index (χ3v) is 2.53. The van der Waals surface area contributed by atoms with Crippen molar-refractivity contribution in [2.75, 3.05) is 5.88 Å². The average molecular weight is 207 g/mol. The number of halogens is 3. The largest absolute Gasteiger partial charge is 0.207 e. The van der Waals surface area contributed by atoms with Gasteiger partial charge in [-0.3, -0.25) is 0 Å². The van der Waals surface area contributed by atoms with Gasteiger partial charge in [0.15, 0.2) is 0 Å². The molecule has 0 aliphatic heterocycles. The fraction of sp³-hybridized carbons (Fsp3) is 0.333. The second kappa shape index (κ2) is 4.11. The van der Waals surface area contributed by atoms with Gasteiger partial charge in [0.05, 0.1) is 0 Å². The van der Waals surface area contributed by atoms with Crippen molar-refractivity contribution < 1.29 is 4.39 Å². The van der Waals surface area contributed by atoms with Gasteiger partial charge in [-0.15, -0.1) is 11.6 Å². The van der Waals surface area contributed by atoms with Gasteiger partial charge in [-0.1, -0.05) is 18.5 Å². The molecule has 0 saturated heterocycles. The lowest BCUT2D eigenvalue weighted by Gasteiger charge is -2.09. The monoisotopic (exact) mass is 206 g/mol. The summed E-state index contributed by atoms with van der Waals surface area (Å²) in [4.78, 5) is 0. The lowest BCUT2D eigenvalue weighted by Crippen LogP contribution is -1.96. The van der Waals surface area contributed by atoms with Crippen LogP contribution in [0.4, 0.5) is 4.39 Å². The van der Waals surface area contributed by atoms with Crippen molar-refractivity contribution in [3.63, 3.8) is 0 Å². The van der Waals surface area contributed by atoms with E-state index in [2.05, 4.69) is 0 Å². The van der Waals surface area contributed by atoms with Gasteiger partial charge in [-0.05, 0) is 29.7 Å². The Morgan fingerprint density at radius 2 is 2.17 bits per heavy atom. The Morgan fingerprint density at radius 1 is 1.50 bits per heavy atom. The van der Waals surface area contributed by atoms with Crippen molar-refractivity contribution in [1.29, 1.82) is 0 Å². The fourth-order valence-electron chi connectivity index (χ4n) is 0.975. The van der Waals surface area contributed by atoms with Crippen molar-refractivity contribution in [1.82, 2.24) is 0 Å². The first-order valence-electron chi connectivity index (χ1n) is 3.66. The quantitative estimate of drug-likeness (QED) is 0.646. The second-order valence-corrected chi connectivity index (χ2v) is 3.44. The maximum Gasteiger partial charge on any atom is 0.123 e.